The van der Waals surface area contributed by atoms with Gasteiger partial charge in [0.05, 0.1) is 5.56 Å². The van der Waals surface area contributed by atoms with Crippen LogP contribution >= 0.6 is 0 Å². The molecule has 1 heterocycles. The number of nitrogens with one attached hydrogen (secondary N) is 1. The first-order valence-corrected chi connectivity index (χ1v) is 7.16. The molecule has 112 valence electrons. The summed E-state index contributed by atoms with van der Waals surface area (Å²) < 4.78 is 37.7. The Morgan fingerprint density at radius 2 is 1.95 bits per heavy atom. The Kier molecular flexibility index (Phi) is 4.91. The van der Waals surface area contributed by atoms with Crippen molar-refractivity contribution in [3.05, 3.63) is 29.8 Å². The third kappa shape index (κ3) is 3.88. The molecule has 0 saturated carbocycles. The van der Waals surface area contributed by atoms with Gasteiger partial charge in [-0.1, -0.05) is 6.92 Å². The van der Waals surface area contributed by atoms with Crippen molar-refractivity contribution < 1.29 is 13.2 Å². The van der Waals surface area contributed by atoms with Gasteiger partial charge >= 0.3 is 6.18 Å². The van der Waals surface area contributed by atoms with Crippen LogP contribution in [0.5, 0.6) is 0 Å². The molecule has 1 saturated heterocycles. The molecule has 2 rings (SSSR count). The van der Waals surface area contributed by atoms with Crippen molar-refractivity contribution >= 4 is 5.69 Å². The maximum absolute atomic E-state index is 12.6. The number of alkyl halides is 3. The van der Waals surface area contributed by atoms with Gasteiger partial charge in [-0.05, 0) is 50.1 Å². The van der Waals surface area contributed by atoms with Crippen LogP contribution in [0.2, 0.25) is 0 Å². The van der Waals surface area contributed by atoms with Crippen molar-refractivity contribution in [1.29, 1.82) is 0 Å². The second kappa shape index (κ2) is 6.48. The average molecular weight is 286 g/mol. The number of nitrogens with zero attached hydrogens (tertiary/aromatic N) is 1. The fraction of sp³-hybridized carbons (Fsp3) is 0.600. The maximum atomic E-state index is 12.6. The number of halogens is 3. The van der Waals surface area contributed by atoms with Crippen LogP contribution in [0.15, 0.2) is 24.3 Å². The first kappa shape index (κ1) is 15.2. The molecule has 1 unspecified atom stereocenters. The van der Waals surface area contributed by atoms with E-state index in [1.165, 1.54) is 18.6 Å². The van der Waals surface area contributed by atoms with Crippen LogP contribution in [0.1, 0.15) is 31.7 Å². The zero-order valence-electron chi connectivity index (χ0n) is 11.7. The molecule has 1 aliphatic rings. The van der Waals surface area contributed by atoms with Crippen LogP contribution in [-0.4, -0.2) is 25.7 Å². The Morgan fingerprint density at radius 3 is 2.45 bits per heavy atom. The molecule has 0 radical (unpaired) electrons. The van der Waals surface area contributed by atoms with Gasteiger partial charge in [-0.3, -0.25) is 0 Å². The van der Waals surface area contributed by atoms with E-state index in [0.717, 1.165) is 38.2 Å². The lowest BCUT2D eigenvalue weighted by Gasteiger charge is -2.28. The molecule has 0 spiro atoms. The third-order valence-corrected chi connectivity index (χ3v) is 3.66. The number of anilines is 1. The minimum Gasteiger partial charge on any atom is -0.370 e. The van der Waals surface area contributed by atoms with Crippen LogP contribution in [-0.2, 0) is 6.18 Å². The van der Waals surface area contributed by atoms with E-state index in [1.54, 1.807) is 12.1 Å². The summed E-state index contributed by atoms with van der Waals surface area (Å²) in [5.41, 5.74) is 0.283. The topological polar surface area (TPSA) is 15.3 Å². The molecule has 1 N–H and O–H groups in total. The van der Waals surface area contributed by atoms with Crippen LogP contribution in [0.4, 0.5) is 18.9 Å². The third-order valence-electron chi connectivity index (χ3n) is 3.66. The van der Waals surface area contributed by atoms with Gasteiger partial charge in [-0.2, -0.15) is 13.2 Å². The summed E-state index contributed by atoms with van der Waals surface area (Å²) in [6.07, 6.45) is -0.965. The molecule has 1 atom stereocenters. The number of rotatable bonds is 5. The van der Waals surface area contributed by atoms with E-state index < -0.39 is 11.7 Å². The van der Waals surface area contributed by atoms with Gasteiger partial charge in [0, 0.05) is 24.8 Å². The van der Waals surface area contributed by atoms with E-state index >= 15 is 0 Å². The minimum absolute atomic E-state index is 0.448. The van der Waals surface area contributed by atoms with Gasteiger partial charge in [-0.25, -0.2) is 0 Å². The molecule has 1 aliphatic heterocycles. The number of hydrogen-bond donors (Lipinski definition) is 1. The summed E-state index contributed by atoms with van der Waals surface area (Å²) >= 11 is 0. The first-order valence-electron chi connectivity index (χ1n) is 7.16. The maximum Gasteiger partial charge on any atom is 0.416 e. The van der Waals surface area contributed by atoms with Crippen LogP contribution in [0.25, 0.3) is 0 Å². The highest BCUT2D eigenvalue weighted by Crippen LogP contribution is 2.30. The monoisotopic (exact) mass is 286 g/mol. The molecular formula is C15H21F3N2. The zero-order chi connectivity index (χ0) is 14.6. The molecule has 1 aromatic rings. The van der Waals surface area contributed by atoms with Crippen molar-refractivity contribution in [2.45, 2.75) is 38.4 Å². The second-order valence-corrected chi connectivity index (χ2v) is 5.28. The Labute approximate surface area is 118 Å². The highest BCUT2D eigenvalue weighted by molar-refractivity contribution is 5.48. The molecule has 2 nitrogen and oxygen atoms in total. The van der Waals surface area contributed by atoms with Crippen LogP contribution < -0.4 is 10.2 Å². The van der Waals surface area contributed by atoms with Crippen molar-refractivity contribution in [3.8, 4) is 0 Å². The normalized spacial score (nSPS) is 19.3. The van der Waals surface area contributed by atoms with Crippen molar-refractivity contribution in [2.24, 2.45) is 0 Å². The van der Waals surface area contributed by atoms with Crippen molar-refractivity contribution in [1.82, 2.24) is 5.32 Å². The van der Waals surface area contributed by atoms with Crippen molar-refractivity contribution in [3.63, 3.8) is 0 Å². The Morgan fingerprint density at radius 1 is 1.25 bits per heavy atom. The fourth-order valence-corrected chi connectivity index (χ4v) is 2.64. The van der Waals surface area contributed by atoms with E-state index in [9.17, 15) is 13.2 Å². The quantitative estimate of drug-likeness (QED) is 0.888. The highest BCUT2D eigenvalue weighted by atomic mass is 19.4. The standard InChI is InChI=1S/C15H21F3N2/c1-2-10-20(11-13-4-3-9-19-13)14-7-5-12(6-8-14)15(16,17)18/h5-8,13,19H,2-4,9-11H2,1H3. The summed E-state index contributed by atoms with van der Waals surface area (Å²) in [5.74, 6) is 0. The van der Waals surface area contributed by atoms with E-state index in [2.05, 4.69) is 17.1 Å². The fourth-order valence-electron chi connectivity index (χ4n) is 2.64. The summed E-state index contributed by atoms with van der Waals surface area (Å²) in [6.45, 7) is 4.85. The summed E-state index contributed by atoms with van der Waals surface area (Å²) in [4.78, 5) is 2.17. The minimum atomic E-state index is -4.26. The average Bonchev–Trinajstić information content (AvgIpc) is 2.90. The summed E-state index contributed by atoms with van der Waals surface area (Å²) in [6, 6.07) is 5.94. The molecule has 5 heteroatoms. The Bertz CT molecular complexity index is 408. The Hall–Kier alpha value is -1.23. The van der Waals surface area contributed by atoms with Gasteiger partial charge in [0.25, 0.3) is 0 Å². The number of benzene rings is 1. The smallest absolute Gasteiger partial charge is 0.370 e. The highest BCUT2D eigenvalue weighted by Gasteiger charge is 2.30. The molecule has 0 aromatic heterocycles. The largest absolute Gasteiger partial charge is 0.416 e. The van der Waals surface area contributed by atoms with E-state index in [1.807, 2.05) is 0 Å². The second-order valence-electron chi connectivity index (χ2n) is 5.28. The van der Waals surface area contributed by atoms with Crippen LogP contribution in [0, 0.1) is 0 Å². The molecule has 0 bridgehead atoms. The lowest BCUT2D eigenvalue weighted by molar-refractivity contribution is -0.137. The number of hydrogen-bond acceptors (Lipinski definition) is 2. The molecule has 0 aliphatic carbocycles. The predicted octanol–water partition coefficient (Wildman–Crippen LogP) is 3.67. The van der Waals surface area contributed by atoms with Gasteiger partial charge in [-0.15, -0.1) is 0 Å². The van der Waals surface area contributed by atoms with Gasteiger partial charge in [0.15, 0.2) is 0 Å². The molecule has 0 amide bonds. The van der Waals surface area contributed by atoms with Gasteiger partial charge in [0.1, 0.15) is 0 Å². The molecular weight excluding hydrogens is 265 g/mol. The van der Waals surface area contributed by atoms with E-state index in [4.69, 9.17) is 0 Å². The van der Waals surface area contributed by atoms with Crippen LogP contribution in [0.3, 0.4) is 0 Å². The Balaban J connectivity index is 2.08. The van der Waals surface area contributed by atoms with E-state index in [0.29, 0.717) is 6.04 Å². The molecule has 20 heavy (non-hydrogen) atoms. The zero-order valence-corrected chi connectivity index (χ0v) is 11.7. The van der Waals surface area contributed by atoms with Gasteiger partial charge in [0.2, 0.25) is 0 Å². The van der Waals surface area contributed by atoms with Gasteiger partial charge < -0.3 is 10.2 Å². The summed E-state index contributed by atoms with van der Waals surface area (Å²) in [5, 5.41) is 3.43. The summed E-state index contributed by atoms with van der Waals surface area (Å²) in [7, 11) is 0. The van der Waals surface area contributed by atoms with Crippen molar-refractivity contribution in [2.75, 3.05) is 24.5 Å². The molecule has 1 aromatic carbocycles. The lowest BCUT2D eigenvalue weighted by Crippen LogP contribution is -2.38. The predicted molar refractivity (Wildman–Crippen MR) is 75.0 cm³/mol. The molecule has 1 fully saturated rings. The first-order chi connectivity index (χ1) is 9.50. The van der Waals surface area contributed by atoms with E-state index in [-0.39, 0.29) is 0 Å². The SMILES string of the molecule is CCCN(CC1CCCN1)c1ccc(C(F)(F)F)cc1. The lowest BCUT2D eigenvalue weighted by atomic mass is 10.1.